The van der Waals surface area contributed by atoms with E-state index in [1.807, 2.05) is 13.1 Å². The first-order valence-electron chi connectivity index (χ1n) is 8.94. The number of nitriles is 1. The van der Waals surface area contributed by atoms with Gasteiger partial charge < -0.3 is 10.2 Å². The molecule has 0 radical (unpaired) electrons. The lowest BCUT2D eigenvalue weighted by Crippen LogP contribution is -2.25. The van der Waals surface area contributed by atoms with Gasteiger partial charge in [0.25, 0.3) is 0 Å². The van der Waals surface area contributed by atoms with E-state index in [2.05, 4.69) is 57.4 Å². The molecule has 136 valence electrons. The number of benzene rings is 1. The normalized spacial score (nSPS) is 16.3. The molecule has 1 aliphatic rings. The topological polar surface area (TPSA) is 77.7 Å². The quantitative estimate of drug-likeness (QED) is 0.722. The number of hydrogen-bond acceptors (Lipinski definition) is 7. The second kappa shape index (κ2) is 7.33. The van der Waals surface area contributed by atoms with Gasteiger partial charge in [-0.25, -0.2) is 9.97 Å². The molecule has 0 bridgehead atoms. The van der Waals surface area contributed by atoms with Gasteiger partial charge in [0.1, 0.15) is 16.8 Å². The monoisotopic (exact) mass is 376 g/mol. The van der Waals surface area contributed by atoms with Crippen LogP contribution in [-0.2, 0) is 0 Å². The Balaban J connectivity index is 1.61. The van der Waals surface area contributed by atoms with E-state index in [9.17, 15) is 0 Å². The predicted molar refractivity (Wildman–Crippen MR) is 107 cm³/mol. The molecule has 2 aromatic heterocycles. The Morgan fingerprint density at radius 2 is 2.00 bits per heavy atom. The van der Waals surface area contributed by atoms with Gasteiger partial charge in [-0.15, -0.1) is 0 Å². The molecular weight excluding hydrogens is 356 g/mol. The van der Waals surface area contributed by atoms with Crippen LogP contribution in [0.2, 0.25) is 0 Å². The number of hydrogen-bond donors (Lipinski definition) is 1. The van der Waals surface area contributed by atoms with Gasteiger partial charge in [0.15, 0.2) is 5.13 Å². The number of nitrogens with zero attached hydrogens (tertiary/aromatic N) is 5. The summed E-state index contributed by atoms with van der Waals surface area (Å²) >= 11 is 1.32. The molecule has 1 saturated heterocycles. The summed E-state index contributed by atoms with van der Waals surface area (Å²) in [5.41, 5.74) is 3.51. The molecule has 1 N–H and O–H groups in total. The van der Waals surface area contributed by atoms with E-state index in [0.29, 0.717) is 16.1 Å². The van der Waals surface area contributed by atoms with Gasteiger partial charge in [-0.3, -0.25) is 0 Å². The largest absolute Gasteiger partial charge is 0.334 e. The van der Waals surface area contributed by atoms with Crippen LogP contribution < -0.4 is 10.2 Å². The average Bonchev–Trinajstić information content (AvgIpc) is 3.33. The van der Waals surface area contributed by atoms with E-state index in [-0.39, 0.29) is 0 Å². The fourth-order valence-corrected chi connectivity index (χ4v) is 3.94. The van der Waals surface area contributed by atoms with Crippen molar-refractivity contribution in [3.8, 4) is 6.07 Å². The van der Waals surface area contributed by atoms with Crippen LogP contribution in [0.5, 0.6) is 0 Å². The number of rotatable bonds is 4. The van der Waals surface area contributed by atoms with Gasteiger partial charge >= 0.3 is 0 Å². The Morgan fingerprint density at radius 3 is 2.74 bits per heavy atom. The summed E-state index contributed by atoms with van der Waals surface area (Å²) in [6, 6.07) is 11.1. The second-order valence-electron chi connectivity index (χ2n) is 6.73. The first-order chi connectivity index (χ1) is 13.1. The van der Waals surface area contributed by atoms with Gasteiger partial charge in [0, 0.05) is 18.3 Å². The van der Waals surface area contributed by atoms with Crippen LogP contribution in [0.15, 0.2) is 36.7 Å². The highest BCUT2D eigenvalue weighted by Crippen LogP contribution is 2.35. The summed E-state index contributed by atoms with van der Waals surface area (Å²) < 4.78 is 0. The lowest BCUT2D eigenvalue weighted by atomic mass is 10.0. The van der Waals surface area contributed by atoms with Crippen LogP contribution in [0.4, 0.5) is 16.9 Å². The number of nitrogens with one attached hydrogen (secondary N) is 1. The molecule has 1 aliphatic heterocycles. The van der Waals surface area contributed by atoms with Gasteiger partial charge in [-0.05, 0) is 32.3 Å². The van der Waals surface area contributed by atoms with Gasteiger partial charge in [0.2, 0.25) is 5.95 Å². The second-order valence-corrected chi connectivity index (χ2v) is 7.76. The highest BCUT2D eigenvalue weighted by Gasteiger charge is 2.28. The van der Waals surface area contributed by atoms with Crippen molar-refractivity contribution in [3.05, 3.63) is 58.2 Å². The molecule has 1 atom stereocenters. The maximum absolute atomic E-state index is 8.97. The van der Waals surface area contributed by atoms with Crippen molar-refractivity contribution in [1.82, 2.24) is 15.0 Å². The molecule has 0 unspecified atom stereocenters. The van der Waals surface area contributed by atoms with Crippen molar-refractivity contribution < 1.29 is 0 Å². The van der Waals surface area contributed by atoms with Crippen LogP contribution in [0.3, 0.4) is 0 Å². The molecule has 4 rings (SSSR count). The maximum Gasteiger partial charge on any atom is 0.227 e. The third-order valence-corrected chi connectivity index (χ3v) is 5.59. The molecule has 3 heterocycles. The SMILES string of the molecule is Cc1ccc([C@@H]2CCCN2c2ncc(C)c(Nc3ncc(C#N)s3)n2)cc1. The van der Waals surface area contributed by atoms with Crippen LogP contribution >= 0.6 is 11.3 Å². The zero-order valence-corrected chi connectivity index (χ0v) is 16.1. The highest BCUT2D eigenvalue weighted by molar-refractivity contribution is 7.16. The fraction of sp³-hybridized carbons (Fsp3) is 0.300. The number of aromatic nitrogens is 3. The van der Waals surface area contributed by atoms with E-state index >= 15 is 0 Å². The van der Waals surface area contributed by atoms with E-state index in [0.717, 1.165) is 36.7 Å². The third kappa shape index (κ3) is 3.62. The Hall–Kier alpha value is -2.98. The minimum absolute atomic E-state index is 0.297. The van der Waals surface area contributed by atoms with Crippen molar-refractivity contribution in [3.63, 3.8) is 0 Å². The highest BCUT2D eigenvalue weighted by atomic mass is 32.1. The third-order valence-electron chi connectivity index (χ3n) is 4.77. The Bertz CT molecular complexity index is 988. The molecule has 1 aromatic carbocycles. The molecule has 1 fully saturated rings. The number of aryl methyl sites for hydroxylation is 2. The van der Waals surface area contributed by atoms with Crippen molar-refractivity contribution in [2.24, 2.45) is 0 Å². The smallest absolute Gasteiger partial charge is 0.227 e. The molecule has 6 nitrogen and oxygen atoms in total. The van der Waals surface area contributed by atoms with Crippen LogP contribution in [0.25, 0.3) is 0 Å². The minimum atomic E-state index is 0.297. The van der Waals surface area contributed by atoms with Crippen LogP contribution in [-0.4, -0.2) is 21.5 Å². The molecule has 0 spiro atoms. The minimum Gasteiger partial charge on any atom is -0.334 e. The lowest BCUT2D eigenvalue weighted by molar-refractivity contribution is 0.701. The zero-order chi connectivity index (χ0) is 18.8. The van der Waals surface area contributed by atoms with E-state index in [4.69, 9.17) is 10.2 Å². The van der Waals surface area contributed by atoms with Gasteiger partial charge in [-0.1, -0.05) is 41.2 Å². The summed E-state index contributed by atoms with van der Waals surface area (Å²) in [6.45, 7) is 5.01. The van der Waals surface area contributed by atoms with E-state index < -0.39 is 0 Å². The summed E-state index contributed by atoms with van der Waals surface area (Å²) in [5, 5.41) is 12.9. The van der Waals surface area contributed by atoms with Crippen LogP contribution in [0.1, 0.15) is 40.5 Å². The van der Waals surface area contributed by atoms with Crippen LogP contribution in [0, 0.1) is 25.2 Å². The van der Waals surface area contributed by atoms with Crippen molar-refractivity contribution >= 4 is 28.2 Å². The Kier molecular flexibility index (Phi) is 4.73. The summed E-state index contributed by atoms with van der Waals surface area (Å²) in [7, 11) is 0. The molecule has 7 heteroatoms. The standard InChI is InChI=1S/C20H20N6S/c1-13-5-7-15(8-6-13)17-4-3-9-26(17)19-22-11-14(2)18(24-19)25-20-23-12-16(10-21)27-20/h5-8,11-12,17H,3-4,9H2,1-2H3,(H,22,23,24,25)/t17-/m0/s1. The first kappa shape index (κ1) is 17.4. The predicted octanol–water partition coefficient (Wildman–Crippen LogP) is 4.51. The molecule has 0 aliphatic carbocycles. The van der Waals surface area contributed by atoms with Crippen molar-refractivity contribution in [1.29, 1.82) is 5.26 Å². The average molecular weight is 376 g/mol. The molecule has 0 amide bonds. The number of thiazole rings is 1. The lowest BCUT2D eigenvalue weighted by Gasteiger charge is -2.25. The zero-order valence-electron chi connectivity index (χ0n) is 15.3. The summed E-state index contributed by atoms with van der Waals surface area (Å²) in [4.78, 5) is 16.4. The molecule has 0 saturated carbocycles. The Morgan fingerprint density at radius 1 is 1.19 bits per heavy atom. The van der Waals surface area contributed by atoms with E-state index in [1.165, 1.54) is 22.5 Å². The van der Waals surface area contributed by atoms with Crippen molar-refractivity contribution in [2.45, 2.75) is 32.7 Å². The molecule has 27 heavy (non-hydrogen) atoms. The Labute approximate surface area is 162 Å². The maximum atomic E-state index is 8.97. The number of anilines is 3. The van der Waals surface area contributed by atoms with Crippen molar-refractivity contribution in [2.75, 3.05) is 16.8 Å². The molecule has 3 aromatic rings. The summed E-state index contributed by atoms with van der Waals surface area (Å²) in [5.74, 6) is 1.46. The molecular formula is C20H20N6S. The van der Waals surface area contributed by atoms with E-state index in [1.54, 1.807) is 6.20 Å². The first-order valence-corrected chi connectivity index (χ1v) is 9.75. The fourth-order valence-electron chi connectivity index (χ4n) is 3.32. The summed E-state index contributed by atoms with van der Waals surface area (Å²) in [6.07, 6.45) is 5.63. The van der Waals surface area contributed by atoms with Gasteiger partial charge in [0.05, 0.1) is 12.2 Å². The van der Waals surface area contributed by atoms with Gasteiger partial charge in [-0.2, -0.15) is 10.2 Å².